The van der Waals surface area contributed by atoms with Crippen molar-refractivity contribution in [3.05, 3.63) is 48.3 Å². The lowest BCUT2D eigenvalue weighted by Crippen LogP contribution is -2.26. The number of aromatic nitrogens is 2. The quantitative estimate of drug-likeness (QED) is 0.769. The molecule has 0 unspecified atom stereocenters. The van der Waals surface area contributed by atoms with Crippen molar-refractivity contribution >= 4 is 11.6 Å². The Hall–Kier alpha value is -2.37. The highest BCUT2D eigenvalue weighted by Crippen LogP contribution is 2.19. The maximum absolute atomic E-state index is 13.7. The number of imidazole rings is 1. The SMILES string of the molecule is CCNc1c(F)cccc1C(=O)NCCCn1ccnc1. The fourth-order valence-corrected chi connectivity index (χ4v) is 2.05. The van der Waals surface area contributed by atoms with Crippen molar-refractivity contribution in [1.82, 2.24) is 14.9 Å². The third kappa shape index (κ3) is 4.05. The molecule has 1 aromatic heterocycles. The van der Waals surface area contributed by atoms with Gasteiger partial charge in [-0.05, 0) is 25.5 Å². The van der Waals surface area contributed by atoms with Gasteiger partial charge in [0.15, 0.2) is 0 Å². The zero-order chi connectivity index (χ0) is 15.1. The van der Waals surface area contributed by atoms with E-state index in [0.717, 1.165) is 13.0 Å². The summed E-state index contributed by atoms with van der Waals surface area (Å²) >= 11 is 0. The molecule has 1 amide bonds. The largest absolute Gasteiger partial charge is 0.382 e. The Morgan fingerprint density at radius 2 is 2.29 bits per heavy atom. The number of anilines is 1. The van der Waals surface area contributed by atoms with Crippen LogP contribution in [0, 0.1) is 5.82 Å². The number of rotatable bonds is 7. The molecule has 2 N–H and O–H groups in total. The van der Waals surface area contributed by atoms with Gasteiger partial charge >= 0.3 is 0 Å². The van der Waals surface area contributed by atoms with Crippen LogP contribution in [0.1, 0.15) is 23.7 Å². The van der Waals surface area contributed by atoms with Crippen molar-refractivity contribution in [3.63, 3.8) is 0 Å². The molecule has 0 saturated heterocycles. The van der Waals surface area contributed by atoms with Crippen LogP contribution in [0.15, 0.2) is 36.9 Å². The van der Waals surface area contributed by atoms with E-state index < -0.39 is 5.82 Å². The lowest BCUT2D eigenvalue weighted by molar-refractivity contribution is 0.0953. The summed E-state index contributed by atoms with van der Waals surface area (Å²) in [5, 5.41) is 5.70. The van der Waals surface area contributed by atoms with Gasteiger partial charge < -0.3 is 15.2 Å². The third-order valence-electron chi connectivity index (χ3n) is 3.05. The van der Waals surface area contributed by atoms with Crippen molar-refractivity contribution in [1.29, 1.82) is 0 Å². The summed E-state index contributed by atoms with van der Waals surface area (Å²) in [5.41, 5.74) is 0.589. The van der Waals surface area contributed by atoms with Gasteiger partial charge in [-0.15, -0.1) is 0 Å². The average Bonchev–Trinajstić information content (AvgIpc) is 2.99. The van der Waals surface area contributed by atoms with Crippen LogP contribution in [0.5, 0.6) is 0 Å². The Balaban J connectivity index is 1.89. The van der Waals surface area contributed by atoms with Gasteiger partial charge in [0.05, 0.1) is 17.6 Å². The molecule has 1 heterocycles. The number of benzene rings is 1. The molecule has 6 heteroatoms. The van der Waals surface area contributed by atoms with E-state index in [2.05, 4.69) is 15.6 Å². The molecule has 2 rings (SSSR count). The number of nitrogens with one attached hydrogen (secondary N) is 2. The van der Waals surface area contributed by atoms with E-state index in [1.54, 1.807) is 18.6 Å². The molecule has 2 aromatic rings. The van der Waals surface area contributed by atoms with E-state index in [0.29, 0.717) is 18.7 Å². The van der Waals surface area contributed by atoms with Crippen LogP contribution < -0.4 is 10.6 Å². The topological polar surface area (TPSA) is 59.0 Å². The number of carbonyl (C=O) groups is 1. The van der Waals surface area contributed by atoms with Crippen molar-refractivity contribution in [2.75, 3.05) is 18.4 Å². The molecule has 112 valence electrons. The number of nitrogens with zero attached hydrogens (tertiary/aromatic N) is 2. The van der Waals surface area contributed by atoms with E-state index in [1.807, 2.05) is 17.7 Å². The summed E-state index contributed by atoms with van der Waals surface area (Å²) in [7, 11) is 0. The van der Waals surface area contributed by atoms with Gasteiger partial charge in [-0.2, -0.15) is 0 Å². The number of carbonyl (C=O) groups excluding carboxylic acids is 1. The first-order chi connectivity index (χ1) is 10.2. The lowest BCUT2D eigenvalue weighted by Gasteiger charge is -2.12. The fourth-order valence-electron chi connectivity index (χ4n) is 2.05. The molecule has 21 heavy (non-hydrogen) atoms. The van der Waals surface area contributed by atoms with Crippen molar-refractivity contribution < 1.29 is 9.18 Å². The Morgan fingerprint density at radius 3 is 3.00 bits per heavy atom. The third-order valence-corrected chi connectivity index (χ3v) is 3.05. The van der Waals surface area contributed by atoms with Crippen LogP contribution in [0.3, 0.4) is 0 Å². The van der Waals surface area contributed by atoms with Crippen LogP contribution in [0.2, 0.25) is 0 Å². The molecule has 0 aliphatic carbocycles. The molecule has 0 aliphatic heterocycles. The van der Waals surface area contributed by atoms with Gasteiger partial charge in [-0.1, -0.05) is 6.07 Å². The minimum Gasteiger partial charge on any atom is -0.382 e. The molecule has 0 aliphatic rings. The minimum absolute atomic E-state index is 0.257. The molecule has 0 bridgehead atoms. The Labute approximate surface area is 123 Å². The van der Waals surface area contributed by atoms with Gasteiger partial charge in [0.1, 0.15) is 5.82 Å². The van der Waals surface area contributed by atoms with Crippen LogP contribution >= 0.6 is 0 Å². The van der Waals surface area contributed by atoms with Gasteiger partial charge in [-0.3, -0.25) is 4.79 Å². The first-order valence-electron chi connectivity index (χ1n) is 6.98. The number of para-hydroxylation sites is 1. The molecule has 5 nitrogen and oxygen atoms in total. The summed E-state index contributed by atoms with van der Waals surface area (Å²) in [6, 6.07) is 4.50. The number of hydrogen-bond acceptors (Lipinski definition) is 3. The number of amides is 1. The first-order valence-corrected chi connectivity index (χ1v) is 6.98. The van der Waals surface area contributed by atoms with E-state index >= 15 is 0 Å². The van der Waals surface area contributed by atoms with Gasteiger partial charge in [0.25, 0.3) is 5.91 Å². The van der Waals surface area contributed by atoms with Gasteiger partial charge in [0.2, 0.25) is 0 Å². The van der Waals surface area contributed by atoms with E-state index in [9.17, 15) is 9.18 Å². The van der Waals surface area contributed by atoms with E-state index in [1.165, 1.54) is 12.1 Å². The lowest BCUT2D eigenvalue weighted by atomic mass is 10.1. The van der Waals surface area contributed by atoms with Gasteiger partial charge in [0, 0.05) is 32.0 Å². The Kier molecular flexibility index (Phi) is 5.31. The standard InChI is InChI=1S/C15H19FN4O/c1-2-18-14-12(5-3-6-13(14)16)15(21)19-7-4-9-20-10-8-17-11-20/h3,5-6,8,10-11,18H,2,4,7,9H2,1H3,(H,19,21). The molecule has 0 atom stereocenters. The summed E-state index contributed by atoms with van der Waals surface area (Å²) in [5.74, 6) is -0.681. The molecular formula is C15H19FN4O. The molecular weight excluding hydrogens is 271 g/mol. The summed E-state index contributed by atoms with van der Waals surface area (Å²) in [4.78, 5) is 16.1. The van der Waals surface area contributed by atoms with Crippen LogP contribution in [-0.4, -0.2) is 28.5 Å². The highest BCUT2D eigenvalue weighted by molar-refractivity contribution is 5.99. The highest BCUT2D eigenvalue weighted by Gasteiger charge is 2.13. The smallest absolute Gasteiger partial charge is 0.253 e. The molecule has 0 saturated carbocycles. The van der Waals surface area contributed by atoms with Crippen LogP contribution in [-0.2, 0) is 6.54 Å². The van der Waals surface area contributed by atoms with Crippen molar-refractivity contribution in [2.45, 2.75) is 19.9 Å². The van der Waals surface area contributed by atoms with E-state index in [4.69, 9.17) is 0 Å². The summed E-state index contributed by atoms with van der Waals surface area (Å²) < 4.78 is 15.7. The normalized spacial score (nSPS) is 10.4. The second-order valence-corrected chi connectivity index (χ2v) is 4.60. The molecule has 0 spiro atoms. The minimum atomic E-state index is -0.414. The second kappa shape index (κ2) is 7.42. The number of aryl methyl sites for hydroxylation is 1. The summed E-state index contributed by atoms with van der Waals surface area (Å²) in [6.07, 6.45) is 6.11. The monoisotopic (exact) mass is 290 g/mol. The maximum atomic E-state index is 13.7. The van der Waals surface area contributed by atoms with Gasteiger partial charge in [-0.25, -0.2) is 9.37 Å². The second-order valence-electron chi connectivity index (χ2n) is 4.60. The highest BCUT2D eigenvalue weighted by atomic mass is 19.1. The Morgan fingerprint density at radius 1 is 1.43 bits per heavy atom. The molecule has 0 radical (unpaired) electrons. The van der Waals surface area contributed by atoms with Crippen LogP contribution in [0.4, 0.5) is 10.1 Å². The predicted octanol–water partition coefficient (Wildman–Crippen LogP) is 2.27. The Bertz CT molecular complexity index is 583. The van der Waals surface area contributed by atoms with Crippen molar-refractivity contribution in [3.8, 4) is 0 Å². The zero-order valence-corrected chi connectivity index (χ0v) is 12.0. The first kappa shape index (κ1) is 15.0. The maximum Gasteiger partial charge on any atom is 0.253 e. The van der Waals surface area contributed by atoms with E-state index in [-0.39, 0.29) is 11.6 Å². The number of halogens is 1. The average molecular weight is 290 g/mol. The van der Waals surface area contributed by atoms with Crippen LogP contribution in [0.25, 0.3) is 0 Å². The van der Waals surface area contributed by atoms with Crippen molar-refractivity contribution in [2.24, 2.45) is 0 Å². The summed E-state index contributed by atoms with van der Waals surface area (Å²) in [6.45, 7) is 3.73. The fraction of sp³-hybridized carbons (Fsp3) is 0.333. The molecule has 0 fully saturated rings. The number of hydrogen-bond donors (Lipinski definition) is 2. The predicted molar refractivity (Wildman–Crippen MR) is 79.7 cm³/mol. The zero-order valence-electron chi connectivity index (χ0n) is 12.0. The molecule has 1 aromatic carbocycles.